The molecule has 0 aromatic carbocycles. The molecule has 2 aliphatic rings. The zero-order valence-electron chi connectivity index (χ0n) is 11.0. The summed E-state index contributed by atoms with van der Waals surface area (Å²) in [5.74, 6) is 0.347. The third kappa shape index (κ3) is 3.67. The summed E-state index contributed by atoms with van der Waals surface area (Å²) in [7, 11) is 0. The Morgan fingerprint density at radius 2 is 2.00 bits per heavy atom. The van der Waals surface area contributed by atoms with Gasteiger partial charge in [-0.05, 0) is 25.7 Å². The van der Waals surface area contributed by atoms with Crippen LogP contribution in [0, 0.1) is 5.92 Å². The molecule has 0 aromatic heterocycles. The molecule has 18 heavy (non-hydrogen) atoms. The number of amides is 1. The lowest BCUT2D eigenvalue weighted by atomic mass is 10.0. The van der Waals surface area contributed by atoms with E-state index >= 15 is 0 Å². The van der Waals surface area contributed by atoms with E-state index < -0.39 is 0 Å². The van der Waals surface area contributed by atoms with E-state index in [2.05, 4.69) is 10.2 Å². The largest absolute Gasteiger partial charge is 0.396 e. The minimum Gasteiger partial charge on any atom is -0.396 e. The van der Waals surface area contributed by atoms with Crippen LogP contribution in [0.25, 0.3) is 0 Å². The van der Waals surface area contributed by atoms with Crippen LogP contribution in [0.2, 0.25) is 0 Å². The zero-order chi connectivity index (χ0) is 13.0. The molecular formula is C13H25N3O2. The lowest BCUT2D eigenvalue weighted by molar-refractivity contribution is -0.123. The molecule has 1 aliphatic carbocycles. The van der Waals surface area contributed by atoms with Crippen LogP contribution in [-0.2, 0) is 4.79 Å². The maximum absolute atomic E-state index is 11.9. The Morgan fingerprint density at radius 3 is 2.67 bits per heavy atom. The van der Waals surface area contributed by atoms with Crippen LogP contribution in [0.3, 0.4) is 0 Å². The van der Waals surface area contributed by atoms with Crippen molar-refractivity contribution in [1.82, 2.24) is 10.2 Å². The van der Waals surface area contributed by atoms with Crippen molar-refractivity contribution in [3.8, 4) is 0 Å². The van der Waals surface area contributed by atoms with Crippen LogP contribution in [0.15, 0.2) is 0 Å². The number of piperidine rings is 1. The number of hydrogen-bond donors (Lipinski definition) is 3. The minimum atomic E-state index is 0.0934. The van der Waals surface area contributed by atoms with E-state index in [4.69, 9.17) is 5.73 Å². The van der Waals surface area contributed by atoms with E-state index in [1.807, 2.05) is 0 Å². The van der Waals surface area contributed by atoms with Crippen LogP contribution >= 0.6 is 0 Å². The molecule has 2 unspecified atom stereocenters. The molecule has 1 saturated carbocycles. The highest BCUT2D eigenvalue weighted by molar-refractivity contribution is 5.78. The second-order valence-electron chi connectivity index (χ2n) is 5.66. The summed E-state index contributed by atoms with van der Waals surface area (Å²) in [6, 6.07) is 0.479. The summed E-state index contributed by atoms with van der Waals surface area (Å²) < 4.78 is 0. The number of carbonyl (C=O) groups excluding carboxylic acids is 1. The van der Waals surface area contributed by atoms with Gasteiger partial charge in [-0.1, -0.05) is 6.42 Å². The molecule has 1 heterocycles. The van der Waals surface area contributed by atoms with Crippen LogP contribution in [-0.4, -0.2) is 54.2 Å². The van der Waals surface area contributed by atoms with Gasteiger partial charge in [-0.2, -0.15) is 0 Å². The van der Waals surface area contributed by atoms with Gasteiger partial charge in [0.05, 0.1) is 6.54 Å². The third-order valence-corrected chi connectivity index (χ3v) is 4.24. The fourth-order valence-electron chi connectivity index (χ4n) is 3.01. The number of carbonyl (C=O) groups is 1. The first kappa shape index (κ1) is 13.8. The highest BCUT2D eigenvalue weighted by atomic mass is 16.3. The van der Waals surface area contributed by atoms with Gasteiger partial charge in [-0.3, -0.25) is 9.69 Å². The fraction of sp³-hybridized carbons (Fsp3) is 0.923. The highest BCUT2D eigenvalue weighted by Crippen LogP contribution is 2.24. The van der Waals surface area contributed by atoms with E-state index in [0.717, 1.165) is 45.2 Å². The Bertz CT molecular complexity index is 277. The summed E-state index contributed by atoms with van der Waals surface area (Å²) in [5.41, 5.74) is 5.84. The number of nitrogens with zero attached hydrogens (tertiary/aromatic N) is 1. The van der Waals surface area contributed by atoms with Gasteiger partial charge in [0.15, 0.2) is 0 Å². The van der Waals surface area contributed by atoms with Gasteiger partial charge in [0.25, 0.3) is 0 Å². The maximum Gasteiger partial charge on any atom is 0.234 e. The molecule has 0 bridgehead atoms. The molecule has 5 nitrogen and oxygen atoms in total. The summed E-state index contributed by atoms with van der Waals surface area (Å²) in [4.78, 5) is 14.1. The Labute approximate surface area is 109 Å². The van der Waals surface area contributed by atoms with Gasteiger partial charge in [0, 0.05) is 37.7 Å². The number of rotatable bonds is 4. The first-order valence-corrected chi connectivity index (χ1v) is 7.07. The first-order chi connectivity index (χ1) is 8.69. The normalized spacial score (nSPS) is 30.6. The summed E-state index contributed by atoms with van der Waals surface area (Å²) in [5, 5.41) is 12.3. The van der Waals surface area contributed by atoms with Crippen molar-refractivity contribution >= 4 is 5.91 Å². The Balaban J connectivity index is 1.71. The summed E-state index contributed by atoms with van der Waals surface area (Å²) in [6.45, 7) is 2.50. The van der Waals surface area contributed by atoms with Crippen LogP contribution in [0.4, 0.5) is 0 Å². The number of aliphatic hydroxyl groups is 1. The molecule has 2 fully saturated rings. The van der Waals surface area contributed by atoms with Crippen molar-refractivity contribution in [1.29, 1.82) is 0 Å². The number of nitrogens with two attached hydrogens (primary N) is 1. The standard InChI is InChI=1S/C13H25N3O2/c14-11-4-6-16(7-5-11)8-13(18)15-12-3-1-2-10(12)9-17/h10-12,17H,1-9,14H2,(H,15,18). The van der Waals surface area contributed by atoms with Gasteiger partial charge < -0.3 is 16.2 Å². The molecule has 4 N–H and O–H groups in total. The number of aliphatic hydroxyl groups excluding tert-OH is 1. The monoisotopic (exact) mass is 255 g/mol. The van der Waals surface area contributed by atoms with Gasteiger partial charge in [0.1, 0.15) is 0 Å². The Kier molecular flexibility index (Phi) is 4.97. The van der Waals surface area contributed by atoms with Crippen molar-refractivity contribution in [3.63, 3.8) is 0 Å². The number of hydrogen-bond acceptors (Lipinski definition) is 4. The molecule has 1 saturated heterocycles. The second kappa shape index (κ2) is 6.50. The topological polar surface area (TPSA) is 78.6 Å². The lowest BCUT2D eigenvalue weighted by Crippen LogP contribution is -2.47. The molecule has 0 aromatic rings. The van der Waals surface area contributed by atoms with Crippen LogP contribution in [0.5, 0.6) is 0 Å². The van der Waals surface area contributed by atoms with E-state index in [1.165, 1.54) is 0 Å². The lowest BCUT2D eigenvalue weighted by Gasteiger charge is -2.30. The Morgan fingerprint density at radius 1 is 1.28 bits per heavy atom. The van der Waals surface area contributed by atoms with Crippen molar-refractivity contribution < 1.29 is 9.90 Å². The summed E-state index contributed by atoms with van der Waals surface area (Å²) >= 11 is 0. The third-order valence-electron chi connectivity index (χ3n) is 4.24. The fourth-order valence-corrected chi connectivity index (χ4v) is 3.01. The molecular weight excluding hydrogens is 230 g/mol. The number of nitrogens with one attached hydrogen (secondary N) is 1. The zero-order valence-corrected chi connectivity index (χ0v) is 11.0. The average Bonchev–Trinajstić information content (AvgIpc) is 2.79. The smallest absolute Gasteiger partial charge is 0.234 e. The maximum atomic E-state index is 11.9. The molecule has 5 heteroatoms. The van der Waals surface area contributed by atoms with Crippen molar-refractivity contribution in [2.45, 2.75) is 44.2 Å². The Hall–Kier alpha value is -0.650. The molecule has 1 amide bonds. The molecule has 0 radical (unpaired) electrons. The molecule has 0 spiro atoms. The molecule has 2 atom stereocenters. The van der Waals surface area contributed by atoms with Crippen LogP contribution < -0.4 is 11.1 Å². The second-order valence-corrected chi connectivity index (χ2v) is 5.66. The average molecular weight is 255 g/mol. The number of likely N-dealkylation sites (tertiary alicyclic amines) is 1. The van der Waals surface area contributed by atoms with Gasteiger partial charge in [0.2, 0.25) is 5.91 Å². The SMILES string of the molecule is NC1CCN(CC(=O)NC2CCCC2CO)CC1. The molecule has 104 valence electrons. The highest BCUT2D eigenvalue weighted by Gasteiger charge is 2.28. The van der Waals surface area contributed by atoms with Gasteiger partial charge >= 0.3 is 0 Å². The molecule has 2 rings (SSSR count). The van der Waals surface area contributed by atoms with Crippen molar-refractivity contribution in [2.75, 3.05) is 26.2 Å². The first-order valence-electron chi connectivity index (χ1n) is 7.07. The van der Waals surface area contributed by atoms with Gasteiger partial charge in [-0.15, -0.1) is 0 Å². The van der Waals surface area contributed by atoms with Gasteiger partial charge in [-0.25, -0.2) is 0 Å². The van der Waals surface area contributed by atoms with E-state index in [0.29, 0.717) is 12.6 Å². The predicted octanol–water partition coefficient (Wildman–Crippen LogP) is -0.313. The minimum absolute atomic E-state index is 0.0934. The quantitative estimate of drug-likeness (QED) is 0.644. The van der Waals surface area contributed by atoms with E-state index in [1.54, 1.807) is 0 Å². The van der Waals surface area contributed by atoms with Crippen molar-refractivity contribution in [2.24, 2.45) is 11.7 Å². The summed E-state index contributed by atoms with van der Waals surface area (Å²) in [6.07, 6.45) is 5.10. The molecule has 1 aliphatic heterocycles. The van der Waals surface area contributed by atoms with E-state index in [-0.39, 0.29) is 24.5 Å². The predicted molar refractivity (Wildman–Crippen MR) is 70.0 cm³/mol. The van der Waals surface area contributed by atoms with Crippen LogP contribution in [0.1, 0.15) is 32.1 Å². The van der Waals surface area contributed by atoms with E-state index in [9.17, 15) is 9.90 Å². The van der Waals surface area contributed by atoms with Crippen molar-refractivity contribution in [3.05, 3.63) is 0 Å².